The minimum absolute atomic E-state index is 0.0832. The molecule has 2 heterocycles. The standard InChI is InChI=1S/C16H12FNO3S/c17-14-12(8-22-15(14)10(5-6-19)16(20)21)11-7-18-13-4-2-1-3-9(11)13/h1-4,6-8,10,18H,5H2,(H,20,21). The summed E-state index contributed by atoms with van der Waals surface area (Å²) in [6, 6.07) is 7.49. The number of halogens is 1. The molecule has 0 saturated heterocycles. The molecule has 0 saturated carbocycles. The van der Waals surface area contributed by atoms with Crippen LogP contribution in [0.5, 0.6) is 0 Å². The number of carboxylic acid groups (broad SMARTS) is 1. The SMILES string of the molecule is O=CCC(C(=O)O)c1scc(-c2c[nH]c3ccccc23)c1F. The molecule has 1 aromatic carbocycles. The van der Waals surface area contributed by atoms with Crippen LogP contribution in [0.4, 0.5) is 4.39 Å². The van der Waals surface area contributed by atoms with Crippen LogP contribution in [0, 0.1) is 5.82 Å². The average Bonchev–Trinajstić information content (AvgIpc) is 3.08. The predicted molar refractivity (Wildman–Crippen MR) is 82.6 cm³/mol. The molecule has 3 aromatic rings. The quantitative estimate of drug-likeness (QED) is 0.703. The molecule has 22 heavy (non-hydrogen) atoms. The number of rotatable bonds is 5. The van der Waals surface area contributed by atoms with E-state index in [1.165, 1.54) is 0 Å². The summed E-state index contributed by atoms with van der Waals surface area (Å²) < 4.78 is 14.7. The zero-order valence-electron chi connectivity index (χ0n) is 11.4. The number of aliphatic carboxylic acids is 1. The van der Waals surface area contributed by atoms with E-state index in [-0.39, 0.29) is 11.3 Å². The summed E-state index contributed by atoms with van der Waals surface area (Å²) in [7, 11) is 0. The molecule has 0 aliphatic heterocycles. The Balaban J connectivity index is 2.10. The van der Waals surface area contributed by atoms with Crippen LogP contribution >= 0.6 is 11.3 Å². The molecule has 0 fully saturated rings. The molecule has 0 bridgehead atoms. The summed E-state index contributed by atoms with van der Waals surface area (Å²) in [6.45, 7) is 0. The van der Waals surface area contributed by atoms with Gasteiger partial charge in [-0.3, -0.25) is 4.79 Å². The van der Waals surface area contributed by atoms with Gasteiger partial charge in [-0.25, -0.2) is 4.39 Å². The molecule has 2 aromatic heterocycles. The lowest BCUT2D eigenvalue weighted by Crippen LogP contribution is -2.12. The average molecular weight is 317 g/mol. The van der Waals surface area contributed by atoms with Crippen molar-refractivity contribution in [1.29, 1.82) is 0 Å². The van der Waals surface area contributed by atoms with Crippen molar-refractivity contribution in [3.63, 3.8) is 0 Å². The number of carboxylic acids is 1. The summed E-state index contributed by atoms with van der Waals surface area (Å²) in [5.41, 5.74) is 1.92. The molecule has 1 atom stereocenters. The van der Waals surface area contributed by atoms with E-state index in [1.54, 1.807) is 11.6 Å². The van der Waals surface area contributed by atoms with Gasteiger partial charge in [-0.2, -0.15) is 0 Å². The van der Waals surface area contributed by atoms with Gasteiger partial charge in [0, 0.05) is 40.0 Å². The van der Waals surface area contributed by atoms with Crippen LogP contribution in [0.2, 0.25) is 0 Å². The molecule has 2 N–H and O–H groups in total. The number of aromatic amines is 1. The summed E-state index contributed by atoms with van der Waals surface area (Å²) >= 11 is 1.03. The smallest absolute Gasteiger partial charge is 0.312 e. The van der Waals surface area contributed by atoms with Gasteiger partial charge in [0.15, 0.2) is 0 Å². The summed E-state index contributed by atoms with van der Waals surface area (Å²) in [5, 5.41) is 11.6. The van der Waals surface area contributed by atoms with Crippen molar-refractivity contribution in [1.82, 2.24) is 4.98 Å². The van der Waals surface area contributed by atoms with Crippen molar-refractivity contribution in [2.75, 3.05) is 0 Å². The molecular formula is C16H12FNO3S. The van der Waals surface area contributed by atoms with E-state index in [4.69, 9.17) is 5.11 Å². The third kappa shape index (κ3) is 2.31. The van der Waals surface area contributed by atoms with E-state index in [1.807, 2.05) is 24.3 Å². The fourth-order valence-corrected chi connectivity index (χ4v) is 3.54. The number of hydrogen-bond acceptors (Lipinski definition) is 3. The van der Waals surface area contributed by atoms with Crippen LogP contribution in [0.1, 0.15) is 17.2 Å². The number of thiophene rings is 1. The second-order valence-electron chi connectivity index (χ2n) is 4.87. The van der Waals surface area contributed by atoms with E-state index >= 15 is 0 Å². The Kier molecular flexibility index (Phi) is 3.77. The van der Waals surface area contributed by atoms with Crippen molar-refractivity contribution in [2.45, 2.75) is 12.3 Å². The molecular weight excluding hydrogens is 305 g/mol. The second-order valence-corrected chi connectivity index (χ2v) is 5.78. The minimum atomic E-state index is -1.20. The topological polar surface area (TPSA) is 70.2 Å². The number of para-hydroxylation sites is 1. The highest BCUT2D eigenvalue weighted by Gasteiger charge is 2.27. The lowest BCUT2D eigenvalue weighted by Gasteiger charge is -2.06. The Morgan fingerprint density at radius 3 is 2.86 bits per heavy atom. The van der Waals surface area contributed by atoms with Crippen LogP contribution in [0.3, 0.4) is 0 Å². The lowest BCUT2D eigenvalue weighted by atomic mass is 10.0. The second kappa shape index (κ2) is 5.73. The van der Waals surface area contributed by atoms with Crippen molar-refractivity contribution < 1.29 is 19.1 Å². The number of benzene rings is 1. The Morgan fingerprint density at radius 1 is 1.36 bits per heavy atom. The van der Waals surface area contributed by atoms with Crippen LogP contribution in [-0.4, -0.2) is 22.3 Å². The summed E-state index contributed by atoms with van der Waals surface area (Å²) in [4.78, 5) is 25.0. The van der Waals surface area contributed by atoms with Gasteiger partial charge in [0.25, 0.3) is 0 Å². The maximum atomic E-state index is 14.7. The van der Waals surface area contributed by atoms with Crippen molar-refractivity contribution >= 4 is 34.5 Å². The maximum absolute atomic E-state index is 14.7. The van der Waals surface area contributed by atoms with Gasteiger partial charge in [0.1, 0.15) is 18.0 Å². The first-order valence-electron chi connectivity index (χ1n) is 6.63. The van der Waals surface area contributed by atoms with E-state index in [0.29, 0.717) is 17.4 Å². The highest BCUT2D eigenvalue weighted by atomic mass is 32.1. The number of carbonyl (C=O) groups is 2. The van der Waals surface area contributed by atoms with Gasteiger partial charge in [0.2, 0.25) is 0 Å². The number of carbonyl (C=O) groups excluding carboxylic acids is 1. The van der Waals surface area contributed by atoms with Gasteiger partial charge in [-0.1, -0.05) is 18.2 Å². The van der Waals surface area contributed by atoms with Crippen molar-refractivity contribution in [2.24, 2.45) is 0 Å². The molecule has 0 radical (unpaired) electrons. The molecule has 0 aliphatic rings. The number of fused-ring (bicyclic) bond motifs is 1. The molecule has 6 heteroatoms. The first-order chi connectivity index (χ1) is 10.6. The minimum Gasteiger partial charge on any atom is -0.481 e. The monoisotopic (exact) mass is 317 g/mol. The highest BCUT2D eigenvalue weighted by molar-refractivity contribution is 7.10. The molecule has 0 aliphatic carbocycles. The molecule has 3 rings (SSSR count). The third-order valence-electron chi connectivity index (χ3n) is 3.58. The molecule has 0 amide bonds. The Morgan fingerprint density at radius 2 is 2.14 bits per heavy atom. The Bertz CT molecular complexity index is 852. The lowest BCUT2D eigenvalue weighted by molar-refractivity contribution is -0.139. The number of nitrogens with one attached hydrogen (secondary N) is 1. The van der Waals surface area contributed by atoms with E-state index in [0.717, 1.165) is 22.2 Å². The van der Waals surface area contributed by atoms with Crippen molar-refractivity contribution in [3.05, 3.63) is 46.5 Å². The molecule has 0 spiro atoms. The zero-order chi connectivity index (χ0) is 15.7. The van der Waals surface area contributed by atoms with Crippen LogP contribution in [-0.2, 0) is 9.59 Å². The predicted octanol–water partition coefficient (Wildman–Crippen LogP) is 3.79. The van der Waals surface area contributed by atoms with Gasteiger partial charge in [-0.15, -0.1) is 11.3 Å². The maximum Gasteiger partial charge on any atom is 0.312 e. The number of H-pyrrole nitrogens is 1. The van der Waals surface area contributed by atoms with E-state index in [9.17, 15) is 14.0 Å². The van der Waals surface area contributed by atoms with Crippen LogP contribution < -0.4 is 0 Å². The summed E-state index contributed by atoms with van der Waals surface area (Å²) in [5.74, 6) is -2.90. The Labute approximate surface area is 129 Å². The van der Waals surface area contributed by atoms with Gasteiger partial charge >= 0.3 is 5.97 Å². The van der Waals surface area contributed by atoms with Crippen LogP contribution in [0.15, 0.2) is 35.8 Å². The van der Waals surface area contributed by atoms with Crippen molar-refractivity contribution in [3.8, 4) is 11.1 Å². The first-order valence-corrected chi connectivity index (χ1v) is 7.51. The number of hydrogen-bond donors (Lipinski definition) is 2. The largest absolute Gasteiger partial charge is 0.481 e. The molecule has 4 nitrogen and oxygen atoms in total. The van der Waals surface area contributed by atoms with E-state index in [2.05, 4.69) is 4.98 Å². The first kappa shape index (κ1) is 14.5. The fourth-order valence-electron chi connectivity index (χ4n) is 2.49. The Hall–Kier alpha value is -2.47. The zero-order valence-corrected chi connectivity index (χ0v) is 12.2. The fraction of sp³-hybridized carbons (Fsp3) is 0.125. The highest BCUT2D eigenvalue weighted by Crippen LogP contribution is 2.38. The normalized spacial score (nSPS) is 12.4. The van der Waals surface area contributed by atoms with Gasteiger partial charge in [0.05, 0.1) is 4.88 Å². The molecule has 112 valence electrons. The van der Waals surface area contributed by atoms with Gasteiger partial charge in [-0.05, 0) is 6.07 Å². The van der Waals surface area contributed by atoms with Gasteiger partial charge < -0.3 is 14.9 Å². The van der Waals surface area contributed by atoms with E-state index < -0.39 is 17.7 Å². The number of aromatic nitrogens is 1. The third-order valence-corrected chi connectivity index (χ3v) is 4.65. The summed E-state index contributed by atoms with van der Waals surface area (Å²) in [6.07, 6.45) is 1.97. The van der Waals surface area contributed by atoms with Crippen LogP contribution in [0.25, 0.3) is 22.0 Å². The molecule has 1 unspecified atom stereocenters. The number of aldehydes is 1.